The SMILES string of the molecule is Cc1ccc(S(=O)(=O)Oc2ccc(S(C)(=O)=O)cc2)cc1. The zero-order valence-electron chi connectivity index (χ0n) is 11.5. The third-order valence-electron chi connectivity index (χ3n) is 2.77. The van der Waals surface area contributed by atoms with Crippen LogP contribution in [0.1, 0.15) is 5.56 Å². The van der Waals surface area contributed by atoms with Crippen molar-refractivity contribution in [3.63, 3.8) is 0 Å². The van der Waals surface area contributed by atoms with E-state index in [1.54, 1.807) is 12.1 Å². The van der Waals surface area contributed by atoms with Crippen LogP contribution in [0.25, 0.3) is 0 Å². The maximum atomic E-state index is 12.1. The molecule has 0 atom stereocenters. The molecule has 0 bridgehead atoms. The Kier molecular flexibility index (Phi) is 4.06. The fraction of sp³-hybridized carbons (Fsp3) is 0.143. The molecule has 5 nitrogen and oxygen atoms in total. The van der Waals surface area contributed by atoms with E-state index in [0.717, 1.165) is 11.8 Å². The topological polar surface area (TPSA) is 77.5 Å². The first-order valence-electron chi connectivity index (χ1n) is 6.00. The van der Waals surface area contributed by atoms with Gasteiger partial charge >= 0.3 is 10.1 Å². The molecule has 112 valence electrons. The highest BCUT2D eigenvalue weighted by Crippen LogP contribution is 2.21. The van der Waals surface area contributed by atoms with Crippen LogP contribution >= 0.6 is 0 Å². The minimum absolute atomic E-state index is 0.0419. The van der Waals surface area contributed by atoms with Gasteiger partial charge in [-0.25, -0.2) is 8.42 Å². The van der Waals surface area contributed by atoms with Gasteiger partial charge in [0.2, 0.25) is 0 Å². The van der Waals surface area contributed by atoms with Crippen LogP contribution in [0.5, 0.6) is 5.75 Å². The van der Waals surface area contributed by atoms with E-state index in [0.29, 0.717) is 0 Å². The summed E-state index contributed by atoms with van der Waals surface area (Å²) in [4.78, 5) is 0.142. The molecular formula is C14H14O5S2. The molecule has 0 aliphatic heterocycles. The van der Waals surface area contributed by atoms with E-state index in [-0.39, 0.29) is 15.5 Å². The van der Waals surface area contributed by atoms with Crippen molar-refractivity contribution < 1.29 is 21.0 Å². The molecule has 0 N–H and O–H groups in total. The van der Waals surface area contributed by atoms with Gasteiger partial charge in [-0.15, -0.1) is 0 Å². The fourth-order valence-electron chi connectivity index (χ4n) is 1.62. The van der Waals surface area contributed by atoms with Crippen molar-refractivity contribution in [2.24, 2.45) is 0 Å². The number of aryl methyl sites for hydroxylation is 1. The van der Waals surface area contributed by atoms with Crippen LogP contribution in [-0.2, 0) is 20.0 Å². The molecule has 2 rings (SSSR count). The van der Waals surface area contributed by atoms with Crippen LogP contribution in [0, 0.1) is 6.92 Å². The zero-order valence-corrected chi connectivity index (χ0v) is 13.1. The fourth-order valence-corrected chi connectivity index (χ4v) is 3.18. The van der Waals surface area contributed by atoms with Gasteiger partial charge in [0.1, 0.15) is 10.6 Å². The highest BCUT2D eigenvalue weighted by molar-refractivity contribution is 7.90. The lowest BCUT2D eigenvalue weighted by Crippen LogP contribution is -2.09. The zero-order chi connectivity index (χ0) is 15.7. The average molecular weight is 326 g/mol. The van der Waals surface area contributed by atoms with E-state index in [1.807, 2.05) is 6.92 Å². The molecule has 0 radical (unpaired) electrons. The highest BCUT2D eigenvalue weighted by Gasteiger charge is 2.16. The smallest absolute Gasteiger partial charge is 0.339 e. The van der Waals surface area contributed by atoms with Gasteiger partial charge in [-0.3, -0.25) is 0 Å². The molecule has 0 aliphatic rings. The first kappa shape index (κ1) is 15.5. The Morgan fingerprint density at radius 2 is 1.24 bits per heavy atom. The average Bonchev–Trinajstić information content (AvgIpc) is 2.38. The normalized spacial score (nSPS) is 12.1. The van der Waals surface area contributed by atoms with Crippen molar-refractivity contribution >= 4 is 20.0 Å². The molecule has 0 unspecified atom stereocenters. The molecule has 0 saturated carbocycles. The first-order valence-corrected chi connectivity index (χ1v) is 9.30. The lowest BCUT2D eigenvalue weighted by Gasteiger charge is -2.07. The summed E-state index contributed by atoms with van der Waals surface area (Å²) in [5, 5.41) is 0. The third kappa shape index (κ3) is 3.83. The van der Waals surface area contributed by atoms with Crippen LogP contribution in [0.4, 0.5) is 0 Å². The Morgan fingerprint density at radius 3 is 1.71 bits per heavy atom. The van der Waals surface area contributed by atoms with Crippen LogP contribution in [0.3, 0.4) is 0 Å². The van der Waals surface area contributed by atoms with Gasteiger partial charge in [-0.1, -0.05) is 17.7 Å². The van der Waals surface area contributed by atoms with Crippen LogP contribution in [0.2, 0.25) is 0 Å². The molecule has 0 amide bonds. The van der Waals surface area contributed by atoms with E-state index < -0.39 is 20.0 Å². The van der Waals surface area contributed by atoms with E-state index in [4.69, 9.17) is 4.18 Å². The van der Waals surface area contributed by atoms with E-state index in [9.17, 15) is 16.8 Å². The summed E-state index contributed by atoms with van der Waals surface area (Å²) in [7, 11) is -7.25. The molecule has 7 heteroatoms. The number of rotatable bonds is 4. The number of hydrogen-bond donors (Lipinski definition) is 0. The summed E-state index contributed by atoms with van der Waals surface area (Å²) < 4.78 is 51.7. The van der Waals surface area contributed by atoms with E-state index in [2.05, 4.69) is 0 Å². The second-order valence-electron chi connectivity index (χ2n) is 4.59. The van der Waals surface area contributed by atoms with Gasteiger partial charge < -0.3 is 4.18 Å². The molecule has 0 aliphatic carbocycles. The Bertz CT molecular complexity index is 833. The Balaban J connectivity index is 2.27. The van der Waals surface area contributed by atoms with Crippen molar-refractivity contribution in [1.82, 2.24) is 0 Å². The van der Waals surface area contributed by atoms with Crippen LogP contribution in [0.15, 0.2) is 58.3 Å². The maximum absolute atomic E-state index is 12.1. The summed E-state index contributed by atoms with van der Waals surface area (Å²) in [6.07, 6.45) is 1.08. The maximum Gasteiger partial charge on any atom is 0.339 e. The summed E-state index contributed by atoms with van der Waals surface area (Å²) in [6, 6.07) is 11.5. The van der Waals surface area contributed by atoms with Gasteiger partial charge in [0, 0.05) is 6.26 Å². The lowest BCUT2D eigenvalue weighted by atomic mass is 10.2. The number of hydrogen-bond acceptors (Lipinski definition) is 5. The third-order valence-corrected chi connectivity index (χ3v) is 5.16. The second kappa shape index (κ2) is 5.50. The van der Waals surface area contributed by atoms with Crippen molar-refractivity contribution in [2.75, 3.05) is 6.26 Å². The van der Waals surface area contributed by atoms with Crippen molar-refractivity contribution in [3.05, 3.63) is 54.1 Å². The Morgan fingerprint density at radius 1 is 0.762 bits per heavy atom. The predicted octanol–water partition coefficient (Wildman–Crippen LogP) is 2.17. The standard InChI is InChI=1S/C14H14O5S2/c1-11-3-7-14(8-4-11)21(17,18)19-12-5-9-13(10-6-12)20(2,15)16/h3-10H,1-2H3. The predicted molar refractivity (Wildman–Crippen MR) is 78.5 cm³/mol. The molecular weight excluding hydrogens is 312 g/mol. The quantitative estimate of drug-likeness (QED) is 0.805. The minimum Gasteiger partial charge on any atom is -0.379 e. The van der Waals surface area contributed by atoms with Gasteiger partial charge in [-0.05, 0) is 43.3 Å². The van der Waals surface area contributed by atoms with Gasteiger partial charge in [0.05, 0.1) is 4.90 Å². The largest absolute Gasteiger partial charge is 0.379 e. The molecule has 0 saturated heterocycles. The number of benzene rings is 2. The van der Waals surface area contributed by atoms with Crippen molar-refractivity contribution in [1.29, 1.82) is 0 Å². The van der Waals surface area contributed by atoms with Gasteiger partial charge in [-0.2, -0.15) is 8.42 Å². The molecule has 0 fully saturated rings. The van der Waals surface area contributed by atoms with Crippen molar-refractivity contribution in [2.45, 2.75) is 16.7 Å². The van der Waals surface area contributed by atoms with Crippen LogP contribution < -0.4 is 4.18 Å². The summed E-state index contributed by atoms with van der Waals surface area (Å²) in [5.74, 6) is 0.0583. The Labute approximate surface area is 124 Å². The molecule has 2 aromatic carbocycles. The Hall–Kier alpha value is -1.86. The molecule has 0 heterocycles. The first-order chi connectivity index (χ1) is 9.68. The summed E-state index contributed by atoms with van der Waals surface area (Å²) in [5.41, 5.74) is 0.937. The number of sulfone groups is 1. The van der Waals surface area contributed by atoms with Crippen molar-refractivity contribution in [3.8, 4) is 5.75 Å². The van der Waals surface area contributed by atoms with E-state index >= 15 is 0 Å². The van der Waals surface area contributed by atoms with Gasteiger partial charge in [0.15, 0.2) is 9.84 Å². The van der Waals surface area contributed by atoms with Crippen LogP contribution in [-0.4, -0.2) is 23.1 Å². The highest BCUT2D eigenvalue weighted by atomic mass is 32.2. The molecule has 2 aromatic rings. The second-order valence-corrected chi connectivity index (χ2v) is 8.16. The minimum atomic E-state index is -3.93. The molecule has 0 spiro atoms. The van der Waals surface area contributed by atoms with E-state index in [1.165, 1.54) is 36.4 Å². The van der Waals surface area contributed by atoms with Gasteiger partial charge in [0.25, 0.3) is 0 Å². The monoisotopic (exact) mass is 326 g/mol. The molecule has 0 aromatic heterocycles. The summed E-state index contributed by atoms with van der Waals surface area (Å²) in [6.45, 7) is 1.85. The lowest BCUT2D eigenvalue weighted by molar-refractivity contribution is 0.486. The summed E-state index contributed by atoms with van der Waals surface area (Å²) >= 11 is 0. The molecule has 21 heavy (non-hydrogen) atoms.